The van der Waals surface area contributed by atoms with E-state index in [1.165, 1.54) is 4.68 Å². The van der Waals surface area contributed by atoms with Crippen molar-refractivity contribution in [1.29, 1.82) is 5.26 Å². The summed E-state index contributed by atoms with van der Waals surface area (Å²) >= 11 is 0. The molecule has 0 amide bonds. The molecule has 1 aliphatic heterocycles. The molecule has 0 fully saturated rings. The fourth-order valence-corrected chi connectivity index (χ4v) is 3.22. The number of nitrogens with one attached hydrogen (secondary N) is 1. The van der Waals surface area contributed by atoms with Gasteiger partial charge in [0, 0.05) is 12.8 Å². The average Bonchev–Trinajstić information content (AvgIpc) is 2.75. The number of aryl methyl sites for hydroxylation is 1. The molecule has 1 aliphatic carbocycles. The van der Waals surface area contributed by atoms with Crippen molar-refractivity contribution < 1.29 is 18.7 Å². The van der Waals surface area contributed by atoms with Gasteiger partial charge in [-0.1, -0.05) is 18.5 Å². The number of nitrogens with two attached hydrogens (primary N) is 1. The minimum atomic E-state index is -0.875. The van der Waals surface area contributed by atoms with E-state index < -0.39 is 11.5 Å². The molecule has 8 nitrogen and oxygen atoms in total. The minimum Gasteiger partial charge on any atom is -0.444 e. The van der Waals surface area contributed by atoms with Crippen LogP contribution in [0.3, 0.4) is 0 Å². The first-order valence-corrected chi connectivity index (χ1v) is 7.16. The number of aromatic nitrogens is 2. The Bertz CT molecular complexity index is 863. The Morgan fingerprint density at radius 2 is 2.09 bits per heavy atom. The Balaban J connectivity index is 2.26. The van der Waals surface area contributed by atoms with Crippen molar-refractivity contribution in [2.45, 2.75) is 32.6 Å². The summed E-state index contributed by atoms with van der Waals surface area (Å²) in [5.74, 6) is -0.683. The van der Waals surface area contributed by atoms with Gasteiger partial charge in [-0.05, 0) is 10.7 Å². The van der Waals surface area contributed by atoms with Gasteiger partial charge in [-0.25, -0.2) is 4.79 Å². The molecule has 0 saturated carbocycles. The highest BCUT2D eigenvalue weighted by atomic mass is 16.5. The lowest BCUT2D eigenvalue weighted by Crippen LogP contribution is -2.42. The molecule has 0 radical (unpaired) electrons. The van der Waals surface area contributed by atoms with E-state index in [1.54, 1.807) is 7.05 Å². The number of nitrogens with zero attached hydrogens (tertiary/aromatic N) is 2. The number of hydrogen-bond donors (Lipinski definition) is 2. The Kier molecular flexibility index (Phi) is 3.18. The van der Waals surface area contributed by atoms with Crippen molar-refractivity contribution in [3.63, 3.8) is 0 Å². The van der Waals surface area contributed by atoms with Crippen LogP contribution in [-0.4, -0.2) is 11.1 Å². The number of aromatic amines is 1. The molecular formula is C15H17N4O4+. The number of Topliss-reactive ketones (excluding diaryl/α,β-unsaturated/α-hetero) is 1. The molecule has 0 spiro atoms. The fraction of sp³-hybridized carbons (Fsp3) is 0.467. The maximum atomic E-state index is 12.7. The summed E-state index contributed by atoms with van der Waals surface area (Å²) in [7, 11) is 1.57. The number of rotatable bonds is 1. The van der Waals surface area contributed by atoms with Crippen LogP contribution in [0.15, 0.2) is 32.1 Å². The van der Waals surface area contributed by atoms with Gasteiger partial charge in [0.1, 0.15) is 23.3 Å². The van der Waals surface area contributed by atoms with Gasteiger partial charge >= 0.3 is 11.3 Å². The van der Waals surface area contributed by atoms with Crippen LogP contribution in [0.25, 0.3) is 0 Å². The molecule has 8 heteroatoms. The number of ketones is 1. The predicted octanol–water partition coefficient (Wildman–Crippen LogP) is 0.243. The number of ether oxygens (including phenoxy) is 1. The Hall–Kier alpha value is -2.82. The van der Waals surface area contributed by atoms with Crippen molar-refractivity contribution in [1.82, 2.24) is 5.27 Å². The van der Waals surface area contributed by atoms with E-state index in [1.807, 2.05) is 19.9 Å². The van der Waals surface area contributed by atoms with E-state index in [2.05, 4.69) is 5.27 Å². The third-order valence-electron chi connectivity index (χ3n) is 4.19. The highest BCUT2D eigenvalue weighted by Crippen LogP contribution is 2.46. The lowest BCUT2D eigenvalue weighted by Gasteiger charge is -2.35. The van der Waals surface area contributed by atoms with Crippen LogP contribution >= 0.6 is 0 Å². The second kappa shape index (κ2) is 4.84. The molecule has 3 N–H and O–H groups in total. The molecule has 3 rings (SSSR count). The average molecular weight is 317 g/mol. The van der Waals surface area contributed by atoms with E-state index in [0.29, 0.717) is 24.2 Å². The van der Waals surface area contributed by atoms with Crippen LogP contribution < -0.4 is 16.0 Å². The Labute approximate surface area is 131 Å². The first-order valence-electron chi connectivity index (χ1n) is 7.16. The quantitative estimate of drug-likeness (QED) is 0.715. The molecule has 1 unspecified atom stereocenters. The lowest BCUT2D eigenvalue weighted by molar-refractivity contribution is -0.746. The van der Waals surface area contributed by atoms with E-state index in [0.717, 1.165) is 0 Å². The van der Waals surface area contributed by atoms with Gasteiger partial charge < -0.3 is 10.5 Å². The van der Waals surface area contributed by atoms with Crippen LogP contribution in [0.4, 0.5) is 0 Å². The SMILES string of the molecule is C[n+]1[nH]oc(=O)c1C1C(C#N)=C(N)OC2=C1C(=O)CC(C)(C)C2. The van der Waals surface area contributed by atoms with Gasteiger partial charge in [0.05, 0.1) is 5.57 Å². The summed E-state index contributed by atoms with van der Waals surface area (Å²) in [4.78, 5) is 24.7. The molecule has 1 atom stereocenters. The zero-order chi connectivity index (χ0) is 16.9. The van der Waals surface area contributed by atoms with Gasteiger partial charge in [-0.2, -0.15) is 5.26 Å². The van der Waals surface area contributed by atoms with Gasteiger partial charge in [0.25, 0.3) is 0 Å². The smallest absolute Gasteiger partial charge is 0.430 e. The van der Waals surface area contributed by atoms with Crippen LogP contribution in [0.2, 0.25) is 0 Å². The van der Waals surface area contributed by atoms with Crippen molar-refractivity contribution in [2.24, 2.45) is 18.2 Å². The van der Waals surface area contributed by atoms with Crippen LogP contribution in [-0.2, 0) is 16.6 Å². The zero-order valence-corrected chi connectivity index (χ0v) is 13.1. The van der Waals surface area contributed by atoms with Crippen LogP contribution in [0.5, 0.6) is 0 Å². The number of H-pyrrole nitrogens is 1. The normalized spacial score (nSPS) is 23.4. The maximum absolute atomic E-state index is 12.7. The summed E-state index contributed by atoms with van der Waals surface area (Å²) in [6, 6.07) is 1.96. The molecule has 1 aromatic heterocycles. The van der Waals surface area contributed by atoms with E-state index in [9.17, 15) is 14.9 Å². The molecule has 0 bridgehead atoms. The summed E-state index contributed by atoms with van der Waals surface area (Å²) < 4.78 is 11.7. The summed E-state index contributed by atoms with van der Waals surface area (Å²) in [6.07, 6.45) is 0.813. The monoisotopic (exact) mass is 317 g/mol. The molecular weight excluding hydrogens is 300 g/mol. The second-order valence-corrected chi connectivity index (χ2v) is 6.63. The van der Waals surface area contributed by atoms with E-state index in [-0.39, 0.29) is 28.3 Å². The van der Waals surface area contributed by atoms with E-state index in [4.69, 9.17) is 15.0 Å². The third kappa shape index (κ3) is 2.25. The number of carbonyl (C=O) groups is 1. The highest BCUT2D eigenvalue weighted by Gasteiger charge is 2.47. The van der Waals surface area contributed by atoms with Crippen molar-refractivity contribution >= 4 is 5.78 Å². The largest absolute Gasteiger partial charge is 0.444 e. The second-order valence-electron chi connectivity index (χ2n) is 6.63. The van der Waals surface area contributed by atoms with Gasteiger partial charge in [-0.15, -0.1) is 0 Å². The summed E-state index contributed by atoms with van der Waals surface area (Å²) in [6.45, 7) is 3.91. The molecule has 0 aromatic carbocycles. The predicted molar refractivity (Wildman–Crippen MR) is 76.2 cm³/mol. The molecule has 1 aromatic rings. The van der Waals surface area contributed by atoms with Gasteiger partial charge in [0.15, 0.2) is 12.8 Å². The number of hydrogen-bond acceptors (Lipinski definition) is 6. The molecule has 23 heavy (non-hydrogen) atoms. The first-order chi connectivity index (χ1) is 10.7. The topological polar surface area (TPSA) is 126 Å². The summed E-state index contributed by atoms with van der Waals surface area (Å²) in [5, 5.41) is 11.8. The highest BCUT2D eigenvalue weighted by molar-refractivity contribution is 5.99. The molecule has 120 valence electrons. The minimum absolute atomic E-state index is 0.0410. The number of nitriles is 1. The fourth-order valence-electron chi connectivity index (χ4n) is 3.22. The summed E-state index contributed by atoms with van der Waals surface area (Å²) in [5.41, 5.74) is 5.45. The molecule has 0 saturated heterocycles. The standard InChI is InChI=1S/C15H16N4O4/c1-15(2)4-8(20)11-9(5-15)22-13(17)7(6-16)10(11)12-14(21)23-18-19(12)3/h10H,4-5,17H2,1-3H3/p+1. The third-order valence-corrected chi connectivity index (χ3v) is 4.19. The van der Waals surface area contributed by atoms with Crippen LogP contribution in [0, 0.1) is 16.7 Å². The number of allylic oxidation sites excluding steroid dienone is 3. The van der Waals surface area contributed by atoms with E-state index >= 15 is 0 Å². The van der Waals surface area contributed by atoms with Crippen molar-refractivity contribution in [2.75, 3.05) is 0 Å². The van der Waals surface area contributed by atoms with Crippen LogP contribution in [0.1, 0.15) is 38.3 Å². The molecule has 2 heterocycles. The van der Waals surface area contributed by atoms with Gasteiger partial charge in [0.2, 0.25) is 5.88 Å². The van der Waals surface area contributed by atoms with Crippen molar-refractivity contribution in [3.8, 4) is 6.07 Å². The van der Waals surface area contributed by atoms with Gasteiger partial charge in [-0.3, -0.25) is 9.32 Å². The van der Waals surface area contributed by atoms with Crippen molar-refractivity contribution in [3.05, 3.63) is 38.9 Å². The lowest BCUT2D eigenvalue weighted by atomic mass is 9.71. The Morgan fingerprint density at radius 1 is 1.39 bits per heavy atom. The zero-order valence-electron chi connectivity index (χ0n) is 13.1. The first kappa shape index (κ1) is 15.1. The molecule has 2 aliphatic rings. The number of carbonyl (C=O) groups excluding carboxylic acids is 1. The Morgan fingerprint density at radius 3 is 2.65 bits per heavy atom. The maximum Gasteiger partial charge on any atom is 0.430 e.